The van der Waals surface area contributed by atoms with E-state index in [2.05, 4.69) is 16.7 Å². The van der Waals surface area contributed by atoms with Crippen molar-refractivity contribution in [1.29, 1.82) is 0 Å². The van der Waals surface area contributed by atoms with Gasteiger partial charge < -0.3 is 10.8 Å². The lowest BCUT2D eigenvalue weighted by Crippen LogP contribution is -2.56. The Balaban J connectivity index is 2.47. The zero-order chi connectivity index (χ0) is 12.8. The predicted molar refractivity (Wildman–Crippen MR) is 67.6 cm³/mol. The van der Waals surface area contributed by atoms with Crippen LogP contribution in [0.5, 0.6) is 0 Å². The molecule has 0 bridgehead atoms. The fourth-order valence-electron chi connectivity index (χ4n) is 2.56. The summed E-state index contributed by atoms with van der Waals surface area (Å²) >= 11 is 0. The van der Waals surface area contributed by atoms with Gasteiger partial charge in [-0.25, -0.2) is 0 Å². The number of nitrogens with zero attached hydrogens (tertiary/aromatic N) is 2. The molecule has 1 saturated heterocycles. The summed E-state index contributed by atoms with van der Waals surface area (Å²) in [5.74, 6) is -0.227. The number of carbonyl (C=O) groups is 1. The Morgan fingerprint density at radius 3 is 2.06 bits per heavy atom. The summed E-state index contributed by atoms with van der Waals surface area (Å²) in [6, 6.07) is 0.122. The van der Waals surface area contributed by atoms with Crippen LogP contribution in [0.1, 0.15) is 26.7 Å². The topological polar surface area (TPSA) is 69.8 Å². The molecule has 5 heteroatoms. The second-order valence-corrected chi connectivity index (χ2v) is 4.64. The average molecular weight is 243 g/mol. The molecule has 1 fully saturated rings. The number of nitrogens with two attached hydrogens (primary N) is 1. The van der Waals surface area contributed by atoms with Gasteiger partial charge in [0.15, 0.2) is 0 Å². The quantitative estimate of drug-likeness (QED) is 0.668. The Morgan fingerprint density at radius 2 is 1.71 bits per heavy atom. The number of primary amides is 1. The highest BCUT2D eigenvalue weighted by Crippen LogP contribution is 2.12. The Hall–Kier alpha value is -0.650. The normalized spacial score (nSPS) is 22.3. The molecule has 3 N–H and O–H groups in total. The van der Waals surface area contributed by atoms with E-state index in [0.717, 1.165) is 39.0 Å². The molecule has 0 aromatic heterocycles. The summed E-state index contributed by atoms with van der Waals surface area (Å²) in [6.45, 7) is 7.82. The number of hydrogen-bond acceptors (Lipinski definition) is 4. The van der Waals surface area contributed by atoms with Crippen LogP contribution >= 0.6 is 0 Å². The van der Waals surface area contributed by atoms with Crippen LogP contribution in [-0.2, 0) is 4.79 Å². The van der Waals surface area contributed by atoms with Crippen LogP contribution < -0.4 is 5.73 Å². The van der Waals surface area contributed by atoms with Gasteiger partial charge in [0.25, 0.3) is 0 Å². The average Bonchev–Trinajstić information content (AvgIpc) is 2.33. The van der Waals surface area contributed by atoms with Gasteiger partial charge in [-0.3, -0.25) is 14.6 Å². The summed E-state index contributed by atoms with van der Waals surface area (Å²) in [6.07, 6.45) is 1.73. The molecule has 0 aromatic rings. The molecule has 0 radical (unpaired) electrons. The molecule has 1 heterocycles. The van der Waals surface area contributed by atoms with E-state index in [1.165, 1.54) is 0 Å². The van der Waals surface area contributed by atoms with E-state index in [0.29, 0.717) is 0 Å². The number of aliphatic hydroxyl groups excluding tert-OH is 1. The van der Waals surface area contributed by atoms with Gasteiger partial charge in [-0.15, -0.1) is 0 Å². The Labute approximate surface area is 104 Å². The number of rotatable bonds is 6. The summed E-state index contributed by atoms with van der Waals surface area (Å²) in [7, 11) is 0. The van der Waals surface area contributed by atoms with E-state index in [1.54, 1.807) is 0 Å². The molecule has 0 aliphatic carbocycles. The summed E-state index contributed by atoms with van der Waals surface area (Å²) in [5.41, 5.74) is 5.39. The number of hydrogen-bond donors (Lipinski definition) is 2. The third kappa shape index (κ3) is 3.66. The van der Waals surface area contributed by atoms with Crippen molar-refractivity contribution in [2.45, 2.75) is 38.8 Å². The van der Waals surface area contributed by atoms with E-state index >= 15 is 0 Å². The van der Waals surface area contributed by atoms with E-state index in [-0.39, 0.29) is 24.6 Å². The molecule has 5 nitrogen and oxygen atoms in total. The maximum atomic E-state index is 11.3. The minimum Gasteiger partial charge on any atom is -0.395 e. The van der Waals surface area contributed by atoms with Gasteiger partial charge in [0.05, 0.1) is 12.6 Å². The maximum absolute atomic E-state index is 11.3. The van der Waals surface area contributed by atoms with Crippen LogP contribution in [0.15, 0.2) is 0 Å². The zero-order valence-corrected chi connectivity index (χ0v) is 10.9. The van der Waals surface area contributed by atoms with Crippen LogP contribution in [0.2, 0.25) is 0 Å². The van der Waals surface area contributed by atoms with Crippen molar-refractivity contribution in [1.82, 2.24) is 9.80 Å². The smallest absolute Gasteiger partial charge is 0.234 e. The SMILES string of the molecule is CC[C@H](CO)N1CCN([C@@H](CC)C(N)=O)CC1. The van der Waals surface area contributed by atoms with Gasteiger partial charge in [-0.05, 0) is 12.8 Å². The Kier molecular flexibility index (Phi) is 5.88. The van der Waals surface area contributed by atoms with E-state index in [1.807, 2.05) is 6.92 Å². The number of carbonyl (C=O) groups excluding carboxylic acids is 1. The molecule has 0 aromatic carbocycles. The van der Waals surface area contributed by atoms with Crippen molar-refractivity contribution in [3.8, 4) is 0 Å². The van der Waals surface area contributed by atoms with Gasteiger partial charge >= 0.3 is 0 Å². The van der Waals surface area contributed by atoms with Gasteiger partial charge in [-0.2, -0.15) is 0 Å². The fraction of sp³-hybridized carbons (Fsp3) is 0.917. The highest BCUT2D eigenvalue weighted by Gasteiger charge is 2.28. The van der Waals surface area contributed by atoms with Crippen molar-refractivity contribution in [3.63, 3.8) is 0 Å². The minimum atomic E-state index is -0.227. The molecule has 1 aliphatic heterocycles. The summed E-state index contributed by atoms with van der Waals surface area (Å²) < 4.78 is 0. The van der Waals surface area contributed by atoms with Crippen LogP contribution in [0.25, 0.3) is 0 Å². The molecule has 0 unspecified atom stereocenters. The molecule has 0 spiro atoms. The summed E-state index contributed by atoms with van der Waals surface area (Å²) in [4.78, 5) is 15.7. The monoisotopic (exact) mass is 243 g/mol. The first-order valence-corrected chi connectivity index (χ1v) is 6.52. The van der Waals surface area contributed by atoms with Crippen molar-refractivity contribution in [2.75, 3.05) is 32.8 Å². The molecular weight excluding hydrogens is 218 g/mol. The molecule has 1 rings (SSSR count). The van der Waals surface area contributed by atoms with Crippen LogP contribution in [-0.4, -0.2) is 65.7 Å². The fourth-order valence-corrected chi connectivity index (χ4v) is 2.56. The van der Waals surface area contributed by atoms with Gasteiger partial charge in [-0.1, -0.05) is 13.8 Å². The Bertz CT molecular complexity index is 236. The van der Waals surface area contributed by atoms with Gasteiger partial charge in [0.1, 0.15) is 0 Å². The van der Waals surface area contributed by atoms with Crippen LogP contribution in [0.3, 0.4) is 0 Å². The molecule has 2 atom stereocenters. The summed E-state index contributed by atoms with van der Waals surface area (Å²) in [5, 5.41) is 9.26. The molecule has 17 heavy (non-hydrogen) atoms. The van der Waals surface area contributed by atoms with E-state index in [4.69, 9.17) is 5.73 Å². The molecule has 0 saturated carbocycles. The standard InChI is InChI=1S/C12H25N3O2/c1-3-10(9-16)14-5-7-15(8-6-14)11(4-2)12(13)17/h10-11,16H,3-9H2,1-2H3,(H2,13,17)/t10-,11+/m1/s1. The lowest BCUT2D eigenvalue weighted by atomic mass is 10.1. The van der Waals surface area contributed by atoms with Gasteiger partial charge in [0, 0.05) is 32.2 Å². The number of piperazine rings is 1. The zero-order valence-electron chi connectivity index (χ0n) is 10.9. The van der Waals surface area contributed by atoms with Crippen LogP contribution in [0.4, 0.5) is 0 Å². The van der Waals surface area contributed by atoms with Crippen molar-refractivity contribution >= 4 is 5.91 Å². The highest BCUT2D eigenvalue weighted by atomic mass is 16.3. The largest absolute Gasteiger partial charge is 0.395 e. The number of aliphatic hydroxyl groups is 1. The van der Waals surface area contributed by atoms with Crippen molar-refractivity contribution in [2.24, 2.45) is 5.73 Å². The molecular formula is C12H25N3O2. The van der Waals surface area contributed by atoms with Crippen molar-refractivity contribution in [3.05, 3.63) is 0 Å². The van der Waals surface area contributed by atoms with Crippen LogP contribution in [0, 0.1) is 0 Å². The lowest BCUT2D eigenvalue weighted by molar-refractivity contribution is -0.124. The predicted octanol–water partition coefficient (Wildman–Crippen LogP) is -0.361. The third-order valence-corrected chi connectivity index (χ3v) is 3.70. The molecule has 100 valence electrons. The van der Waals surface area contributed by atoms with Gasteiger partial charge in [0.2, 0.25) is 5.91 Å². The molecule has 1 aliphatic rings. The third-order valence-electron chi connectivity index (χ3n) is 3.70. The van der Waals surface area contributed by atoms with E-state index < -0.39 is 0 Å². The van der Waals surface area contributed by atoms with Crippen molar-refractivity contribution < 1.29 is 9.90 Å². The van der Waals surface area contributed by atoms with E-state index in [9.17, 15) is 9.90 Å². The Morgan fingerprint density at radius 1 is 1.18 bits per heavy atom. The highest BCUT2D eigenvalue weighted by molar-refractivity contribution is 5.79. The second kappa shape index (κ2) is 6.93. The second-order valence-electron chi connectivity index (χ2n) is 4.64. The lowest BCUT2D eigenvalue weighted by Gasteiger charge is -2.40. The number of amides is 1. The molecule has 1 amide bonds. The first-order chi connectivity index (χ1) is 8.13. The first-order valence-electron chi connectivity index (χ1n) is 6.52. The maximum Gasteiger partial charge on any atom is 0.234 e. The first kappa shape index (κ1) is 14.4. The minimum absolute atomic E-state index is 0.133.